The maximum atomic E-state index is 6.26. The molecule has 0 amide bonds. The predicted molar refractivity (Wildman–Crippen MR) is 106 cm³/mol. The Hall–Kier alpha value is -2.21. The number of nitrogens with zero attached hydrogens (tertiary/aromatic N) is 4. The molecule has 1 aliphatic heterocycles. The van der Waals surface area contributed by atoms with Crippen molar-refractivity contribution in [3.8, 4) is 0 Å². The zero-order valence-electron chi connectivity index (χ0n) is 15.4. The maximum Gasteiger partial charge on any atom is 0.112 e. The quantitative estimate of drug-likeness (QED) is 0.675. The first kappa shape index (κ1) is 18.2. The third-order valence-corrected chi connectivity index (χ3v) is 5.36. The highest BCUT2D eigenvalue weighted by Crippen LogP contribution is 2.23. The van der Waals surface area contributed by atoms with Crippen molar-refractivity contribution in [1.82, 2.24) is 19.7 Å². The largest absolute Gasteiger partial charge is 0.369 e. The van der Waals surface area contributed by atoms with Gasteiger partial charge in [-0.3, -0.25) is 14.6 Å². The van der Waals surface area contributed by atoms with Gasteiger partial charge >= 0.3 is 0 Å². The van der Waals surface area contributed by atoms with E-state index >= 15 is 0 Å². The molecular formula is C21H23ClN4O. The van der Waals surface area contributed by atoms with Gasteiger partial charge in [-0.2, -0.15) is 5.10 Å². The molecule has 27 heavy (non-hydrogen) atoms. The van der Waals surface area contributed by atoms with E-state index in [1.165, 1.54) is 5.69 Å². The van der Waals surface area contributed by atoms with Crippen molar-refractivity contribution in [2.75, 3.05) is 19.7 Å². The van der Waals surface area contributed by atoms with Crippen LogP contribution < -0.4 is 0 Å². The van der Waals surface area contributed by atoms with E-state index in [9.17, 15) is 0 Å². The summed E-state index contributed by atoms with van der Waals surface area (Å²) >= 11 is 6.26. The van der Waals surface area contributed by atoms with Gasteiger partial charge in [0.2, 0.25) is 0 Å². The highest BCUT2D eigenvalue weighted by atomic mass is 35.5. The molecule has 0 radical (unpaired) electrons. The Balaban J connectivity index is 1.41. The summed E-state index contributed by atoms with van der Waals surface area (Å²) in [6, 6.07) is 14.2. The molecule has 6 heteroatoms. The minimum Gasteiger partial charge on any atom is -0.369 e. The van der Waals surface area contributed by atoms with Crippen LogP contribution in [0.4, 0.5) is 0 Å². The van der Waals surface area contributed by atoms with E-state index < -0.39 is 0 Å². The molecule has 1 atom stereocenters. The third-order valence-electron chi connectivity index (χ3n) is 4.99. The highest BCUT2D eigenvalue weighted by Gasteiger charge is 2.23. The predicted octanol–water partition coefficient (Wildman–Crippen LogP) is 3.63. The van der Waals surface area contributed by atoms with Crippen molar-refractivity contribution in [2.45, 2.75) is 19.1 Å². The summed E-state index contributed by atoms with van der Waals surface area (Å²) < 4.78 is 7.90. The summed E-state index contributed by atoms with van der Waals surface area (Å²) in [5.41, 5.74) is 4.45. The van der Waals surface area contributed by atoms with Gasteiger partial charge < -0.3 is 4.74 Å². The Labute approximate surface area is 164 Å². The summed E-state index contributed by atoms with van der Waals surface area (Å²) in [5.74, 6) is 0. The van der Waals surface area contributed by atoms with Crippen LogP contribution in [0.2, 0.25) is 5.02 Å². The average molecular weight is 383 g/mol. The van der Waals surface area contributed by atoms with Gasteiger partial charge in [-0.05, 0) is 29.3 Å². The van der Waals surface area contributed by atoms with Crippen molar-refractivity contribution < 1.29 is 4.74 Å². The zero-order chi connectivity index (χ0) is 18.6. The number of morpholine rings is 1. The molecule has 0 N–H and O–H groups in total. The number of ether oxygens (including phenoxy) is 1. The minimum absolute atomic E-state index is 0.00124. The summed E-state index contributed by atoms with van der Waals surface area (Å²) in [6.45, 7) is 3.35. The van der Waals surface area contributed by atoms with Crippen LogP contribution in [0.5, 0.6) is 0 Å². The first-order chi connectivity index (χ1) is 13.2. The summed E-state index contributed by atoms with van der Waals surface area (Å²) in [5, 5.41) is 5.04. The molecule has 140 valence electrons. The minimum atomic E-state index is 0.00124. The van der Waals surface area contributed by atoms with Crippen LogP contribution in [0, 0.1) is 0 Å². The molecule has 0 unspecified atom stereocenters. The van der Waals surface area contributed by atoms with Gasteiger partial charge in [0.05, 0.1) is 18.0 Å². The second-order valence-corrected chi connectivity index (χ2v) is 7.31. The Morgan fingerprint density at radius 1 is 1.19 bits per heavy atom. The maximum absolute atomic E-state index is 6.26. The summed E-state index contributed by atoms with van der Waals surface area (Å²) in [4.78, 5) is 7.06. The Morgan fingerprint density at radius 2 is 2.07 bits per heavy atom. The van der Waals surface area contributed by atoms with Crippen molar-refractivity contribution in [3.05, 3.63) is 82.4 Å². The van der Waals surface area contributed by atoms with Gasteiger partial charge in [-0.15, -0.1) is 0 Å². The van der Waals surface area contributed by atoms with Gasteiger partial charge in [0, 0.05) is 50.5 Å². The van der Waals surface area contributed by atoms with Gasteiger partial charge in [-0.1, -0.05) is 35.9 Å². The fourth-order valence-electron chi connectivity index (χ4n) is 3.40. The number of hydrogen-bond acceptors (Lipinski definition) is 4. The molecule has 1 saturated heterocycles. The molecule has 2 aromatic heterocycles. The van der Waals surface area contributed by atoms with Crippen LogP contribution in [-0.2, 0) is 24.8 Å². The lowest BCUT2D eigenvalue weighted by Gasteiger charge is -2.32. The Bertz CT molecular complexity index is 893. The van der Waals surface area contributed by atoms with Crippen LogP contribution in [0.1, 0.15) is 28.6 Å². The molecule has 1 aliphatic rings. The number of halogens is 1. The summed E-state index contributed by atoms with van der Waals surface area (Å²) in [6.07, 6.45) is 4.56. The van der Waals surface area contributed by atoms with E-state index in [1.807, 2.05) is 42.3 Å². The Kier molecular flexibility index (Phi) is 5.53. The van der Waals surface area contributed by atoms with Crippen LogP contribution >= 0.6 is 11.6 Å². The number of benzene rings is 1. The molecular weight excluding hydrogens is 360 g/mol. The first-order valence-corrected chi connectivity index (χ1v) is 9.56. The van der Waals surface area contributed by atoms with Crippen molar-refractivity contribution in [2.24, 2.45) is 7.05 Å². The number of aromatic nitrogens is 3. The molecule has 4 rings (SSSR count). The fraction of sp³-hybridized carbons (Fsp3) is 0.333. The van der Waals surface area contributed by atoms with E-state index in [-0.39, 0.29) is 6.10 Å². The van der Waals surface area contributed by atoms with Crippen molar-refractivity contribution >= 4 is 11.6 Å². The van der Waals surface area contributed by atoms with E-state index in [4.69, 9.17) is 16.3 Å². The lowest BCUT2D eigenvalue weighted by Crippen LogP contribution is -2.38. The zero-order valence-corrected chi connectivity index (χ0v) is 16.1. The average Bonchev–Trinajstić information content (AvgIpc) is 3.09. The van der Waals surface area contributed by atoms with E-state index in [0.29, 0.717) is 6.61 Å². The fourth-order valence-corrected chi connectivity index (χ4v) is 3.61. The van der Waals surface area contributed by atoms with E-state index in [1.54, 1.807) is 0 Å². The number of aryl methyl sites for hydroxylation is 1. The smallest absolute Gasteiger partial charge is 0.112 e. The highest BCUT2D eigenvalue weighted by molar-refractivity contribution is 6.31. The van der Waals surface area contributed by atoms with Gasteiger partial charge in [0.25, 0.3) is 0 Å². The van der Waals surface area contributed by atoms with Gasteiger partial charge in [0.1, 0.15) is 6.10 Å². The number of hydrogen-bond donors (Lipinski definition) is 0. The third kappa shape index (κ3) is 4.38. The van der Waals surface area contributed by atoms with Crippen molar-refractivity contribution in [3.63, 3.8) is 0 Å². The second kappa shape index (κ2) is 8.21. The normalized spacial score (nSPS) is 17.9. The first-order valence-electron chi connectivity index (χ1n) is 9.18. The lowest BCUT2D eigenvalue weighted by molar-refractivity contribution is -0.0356. The molecule has 3 heterocycles. The molecule has 3 aromatic rings. The topological polar surface area (TPSA) is 43.2 Å². The van der Waals surface area contributed by atoms with E-state index in [2.05, 4.69) is 39.2 Å². The molecule has 1 fully saturated rings. The monoisotopic (exact) mass is 382 g/mol. The van der Waals surface area contributed by atoms with Gasteiger partial charge in [0.15, 0.2) is 0 Å². The standard InChI is InChI=1S/C21H23ClN4O/c1-25-18(8-9-24-25)14-26-10-11-27-21(15-26)20-7-6-16(13-23-20)12-17-4-2-3-5-19(17)22/h2-9,13,21H,10-12,14-15H2,1H3/t21-/m0/s1. The van der Waals surface area contributed by atoms with E-state index in [0.717, 1.165) is 47.9 Å². The van der Waals surface area contributed by atoms with Crippen LogP contribution in [0.3, 0.4) is 0 Å². The molecule has 1 aromatic carbocycles. The summed E-state index contributed by atoms with van der Waals surface area (Å²) in [7, 11) is 1.98. The molecule has 0 aliphatic carbocycles. The SMILES string of the molecule is Cn1nccc1CN1CCO[C@H](c2ccc(Cc3ccccc3Cl)cn2)C1. The van der Waals surface area contributed by atoms with Crippen LogP contribution in [-0.4, -0.2) is 39.4 Å². The molecule has 5 nitrogen and oxygen atoms in total. The Morgan fingerprint density at radius 3 is 2.81 bits per heavy atom. The lowest BCUT2D eigenvalue weighted by atomic mass is 10.1. The number of rotatable bonds is 5. The second-order valence-electron chi connectivity index (χ2n) is 6.90. The molecule has 0 bridgehead atoms. The van der Waals surface area contributed by atoms with Crippen molar-refractivity contribution in [1.29, 1.82) is 0 Å². The number of pyridine rings is 1. The molecule has 0 saturated carbocycles. The van der Waals surface area contributed by atoms with Crippen LogP contribution in [0.15, 0.2) is 54.9 Å². The molecule has 0 spiro atoms. The van der Waals surface area contributed by atoms with Gasteiger partial charge in [-0.25, -0.2) is 0 Å². The van der Waals surface area contributed by atoms with Crippen LogP contribution in [0.25, 0.3) is 0 Å².